The van der Waals surface area contributed by atoms with Crippen molar-refractivity contribution in [1.82, 2.24) is 10.2 Å². The third-order valence-electron chi connectivity index (χ3n) is 4.57. The molecule has 3 heterocycles. The van der Waals surface area contributed by atoms with Gasteiger partial charge < -0.3 is 19.9 Å². The van der Waals surface area contributed by atoms with Crippen LogP contribution in [-0.4, -0.2) is 48.1 Å². The predicted octanol–water partition coefficient (Wildman–Crippen LogP) is 1.84. The highest BCUT2D eigenvalue weighted by Gasteiger charge is 2.32. The third-order valence-corrected chi connectivity index (χ3v) is 4.57. The molecule has 1 aromatic rings. The van der Waals surface area contributed by atoms with Crippen LogP contribution in [0.25, 0.3) is 5.70 Å². The lowest BCUT2D eigenvalue weighted by Gasteiger charge is -2.37. The molecule has 2 unspecified atom stereocenters. The van der Waals surface area contributed by atoms with Gasteiger partial charge in [-0.3, -0.25) is 4.90 Å². The number of rotatable bonds is 3. The minimum Gasteiger partial charge on any atom is -0.508 e. The number of amides is 2. The number of aromatic hydroxyl groups is 1. The van der Waals surface area contributed by atoms with Crippen LogP contribution in [0.15, 0.2) is 24.3 Å². The summed E-state index contributed by atoms with van der Waals surface area (Å²) in [5, 5.41) is 12.5. The van der Waals surface area contributed by atoms with Crippen LogP contribution in [0.2, 0.25) is 0 Å². The number of fused-ring (bicyclic) bond motifs is 3. The average molecular weight is 316 g/mol. The summed E-state index contributed by atoms with van der Waals surface area (Å²) in [4.78, 5) is 14.1. The number of nitrogens with one attached hydrogen (secondary N) is 1. The molecular formula is C17H20N2O4. The molecule has 0 radical (unpaired) electrons. The minimum absolute atomic E-state index is 0.124. The second kappa shape index (κ2) is 5.86. The van der Waals surface area contributed by atoms with E-state index in [-0.39, 0.29) is 17.9 Å². The fourth-order valence-electron chi connectivity index (χ4n) is 3.39. The molecule has 23 heavy (non-hydrogen) atoms. The van der Waals surface area contributed by atoms with Crippen LogP contribution in [-0.2, 0) is 15.9 Å². The molecular weight excluding hydrogens is 296 g/mol. The summed E-state index contributed by atoms with van der Waals surface area (Å²) in [7, 11) is 0. The van der Waals surface area contributed by atoms with Gasteiger partial charge in [0.25, 0.3) is 0 Å². The number of hydrogen-bond donors (Lipinski definition) is 2. The number of nitrogens with zero attached hydrogens (tertiary/aromatic N) is 1. The maximum Gasteiger partial charge on any atom is 0.324 e. The lowest BCUT2D eigenvalue weighted by molar-refractivity contribution is -0.0135. The van der Waals surface area contributed by atoms with Crippen molar-refractivity contribution in [2.75, 3.05) is 19.8 Å². The summed E-state index contributed by atoms with van der Waals surface area (Å²) in [6, 6.07) is 5.14. The SMILES string of the molecule is O=C1NC(OCC2CCCO2)C=C2c3ccc(O)cc3CCN12. The highest BCUT2D eigenvalue weighted by Crippen LogP contribution is 2.33. The highest BCUT2D eigenvalue weighted by atomic mass is 16.5. The van der Waals surface area contributed by atoms with Crippen LogP contribution in [0, 0.1) is 0 Å². The van der Waals surface area contributed by atoms with E-state index in [1.165, 1.54) is 0 Å². The second-order valence-corrected chi connectivity index (χ2v) is 6.13. The van der Waals surface area contributed by atoms with Crippen LogP contribution in [0.3, 0.4) is 0 Å². The van der Waals surface area contributed by atoms with E-state index in [0.717, 1.165) is 42.7 Å². The first-order chi connectivity index (χ1) is 11.2. The van der Waals surface area contributed by atoms with Gasteiger partial charge in [0.05, 0.1) is 18.4 Å². The summed E-state index contributed by atoms with van der Waals surface area (Å²) >= 11 is 0. The Morgan fingerprint density at radius 2 is 2.35 bits per heavy atom. The number of hydrogen-bond acceptors (Lipinski definition) is 4. The molecule has 122 valence electrons. The lowest BCUT2D eigenvalue weighted by atomic mass is 9.95. The number of phenolic OH excluding ortho intramolecular Hbond substituents is 1. The number of carbonyl (C=O) groups excluding carboxylic acids is 1. The van der Waals surface area contributed by atoms with Crippen molar-refractivity contribution in [1.29, 1.82) is 0 Å². The Morgan fingerprint density at radius 1 is 1.43 bits per heavy atom. The zero-order chi connectivity index (χ0) is 15.8. The largest absolute Gasteiger partial charge is 0.508 e. The smallest absolute Gasteiger partial charge is 0.324 e. The molecule has 3 aliphatic heterocycles. The van der Waals surface area contributed by atoms with E-state index < -0.39 is 6.23 Å². The molecule has 2 amide bonds. The number of carbonyl (C=O) groups is 1. The van der Waals surface area contributed by atoms with Crippen LogP contribution in [0.4, 0.5) is 4.79 Å². The van der Waals surface area contributed by atoms with Gasteiger partial charge in [0, 0.05) is 18.7 Å². The minimum atomic E-state index is -0.447. The predicted molar refractivity (Wildman–Crippen MR) is 83.7 cm³/mol. The van der Waals surface area contributed by atoms with Gasteiger partial charge in [-0.05, 0) is 49.1 Å². The maximum atomic E-state index is 12.3. The van der Waals surface area contributed by atoms with Crippen LogP contribution in [0.5, 0.6) is 5.75 Å². The van der Waals surface area contributed by atoms with Crippen molar-refractivity contribution >= 4 is 11.7 Å². The first kappa shape index (κ1) is 14.5. The fourth-order valence-corrected chi connectivity index (χ4v) is 3.39. The topological polar surface area (TPSA) is 71.0 Å². The molecule has 0 spiro atoms. The molecule has 3 aliphatic rings. The number of benzene rings is 1. The van der Waals surface area contributed by atoms with Crippen LogP contribution in [0.1, 0.15) is 24.0 Å². The Hall–Kier alpha value is -2.05. The molecule has 1 fully saturated rings. The molecule has 1 saturated heterocycles. The Morgan fingerprint density at radius 3 is 3.17 bits per heavy atom. The molecule has 2 atom stereocenters. The van der Waals surface area contributed by atoms with Gasteiger partial charge in [-0.1, -0.05) is 0 Å². The maximum absolute atomic E-state index is 12.3. The van der Waals surface area contributed by atoms with Crippen molar-refractivity contribution in [2.45, 2.75) is 31.6 Å². The Kier molecular flexibility index (Phi) is 3.71. The van der Waals surface area contributed by atoms with Gasteiger partial charge in [-0.25, -0.2) is 4.79 Å². The van der Waals surface area contributed by atoms with Crippen molar-refractivity contribution in [3.05, 3.63) is 35.4 Å². The molecule has 0 aliphatic carbocycles. The van der Waals surface area contributed by atoms with E-state index in [1.54, 1.807) is 17.0 Å². The van der Waals surface area contributed by atoms with E-state index in [2.05, 4.69) is 5.32 Å². The highest BCUT2D eigenvalue weighted by molar-refractivity contribution is 5.90. The summed E-state index contributed by atoms with van der Waals surface area (Å²) in [6.45, 7) is 1.88. The molecule has 0 aromatic heterocycles. The molecule has 0 saturated carbocycles. The van der Waals surface area contributed by atoms with Crippen molar-refractivity contribution in [2.24, 2.45) is 0 Å². The second-order valence-electron chi connectivity index (χ2n) is 6.13. The van der Waals surface area contributed by atoms with E-state index in [1.807, 2.05) is 12.1 Å². The number of urea groups is 1. The first-order valence-corrected chi connectivity index (χ1v) is 8.06. The summed E-state index contributed by atoms with van der Waals surface area (Å²) < 4.78 is 11.4. The summed E-state index contributed by atoms with van der Waals surface area (Å²) in [5.41, 5.74) is 2.89. The summed E-state index contributed by atoms with van der Waals surface area (Å²) in [6.07, 6.45) is 4.42. The van der Waals surface area contributed by atoms with Crippen molar-refractivity contribution in [3.8, 4) is 5.75 Å². The van der Waals surface area contributed by atoms with E-state index in [0.29, 0.717) is 13.2 Å². The Labute approximate surface area is 134 Å². The lowest BCUT2D eigenvalue weighted by Crippen LogP contribution is -2.51. The number of ether oxygens (including phenoxy) is 2. The fraction of sp³-hybridized carbons (Fsp3) is 0.471. The van der Waals surface area contributed by atoms with Gasteiger partial charge in [0.1, 0.15) is 5.75 Å². The Balaban J connectivity index is 1.56. The van der Waals surface area contributed by atoms with Crippen molar-refractivity contribution in [3.63, 3.8) is 0 Å². The summed E-state index contributed by atoms with van der Waals surface area (Å²) in [5.74, 6) is 0.254. The average Bonchev–Trinajstić information content (AvgIpc) is 3.06. The molecule has 1 aromatic carbocycles. The Bertz CT molecular complexity index is 652. The molecule has 6 heteroatoms. The third kappa shape index (κ3) is 2.80. The van der Waals surface area contributed by atoms with Gasteiger partial charge in [0.15, 0.2) is 6.23 Å². The quantitative estimate of drug-likeness (QED) is 0.892. The molecule has 2 N–H and O–H groups in total. The standard InChI is InChI=1S/C17H20N2O4/c20-12-3-4-14-11(8-12)5-6-19-15(14)9-16(18-17(19)21)23-10-13-2-1-7-22-13/h3-4,8-9,13,16,20H,1-2,5-7,10H2,(H,18,21). The molecule has 0 bridgehead atoms. The van der Waals surface area contributed by atoms with Gasteiger partial charge >= 0.3 is 6.03 Å². The van der Waals surface area contributed by atoms with Gasteiger partial charge in [-0.2, -0.15) is 0 Å². The molecule has 4 rings (SSSR count). The van der Waals surface area contributed by atoms with E-state index >= 15 is 0 Å². The molecule has 6 nitrogen and oxygen atoms in total. The zero-order valence-electron chi connectivity index (χ0n) is 12.8. The van der Waals surface area contributed by atoms with Crippen LogP contribution < -0.4 is 5.32 Å². The van der Waals surface area contributed by atoms with Crippen LogP contribution >= 0.6 is 0 Å². The van der Waals surface area contributed by atoms with Gasteiger partial charge in [-0.15, -0.1) is 0 Å². The van der Waals surface area contributed by atoms with Gasteiger partial charge in [0.2, 0.25) is 0 Å². The van der Waals surface area contributed by atoms with E-state index in [9.17, 15) is 9.90 Å². The first-order valence-electron chi connectivity index (χ1n) is 8.06. The van der Waals surface area contributed by atoms with E-state index in [4.69, 9.17) is 9.47 Å². The monoisotopic (exact) mass is 316 g/mol. The zero-order valence-corrected chi connectivity index (χ0v) is 12.8. The van der Waals surface area contributed by atoms with Crippen molar-refractivity contribution < 1.29 is 19.4 Å². The number of phenols is 1. The normalized spacial score (nSPS) is 26.3.